The van der Waals surface area contributed by atoms with Crippen molar-refractivity contribution < 1.29 is 13.2 Å². The van der Waals surface area contributed by atoms with Crippen LogP contribution in [0.4, 0.5) is 10.8 Å². The summed E-state index contributed by atoms with van der Waals surface area (Å²) in [6.45, 7) is 3.67. The van der Waals surface area contributed by atoms with Gasteiger partial charge in [-0.15, -0.1) is 12.4 Å². The molecular weight excluding hydrogens is 540 g/mol. The van der Waals surface area contributed by atoms with E-state index < -0.39 is 10.0 Å². The average molecular weight is 571 g/mol. The van der Waals surface area contributed by atoms with Crippen molar-refractivity contribution in [2.45, 2.75) is 24.7 Å². The number of carbonyl (C=O) groups is 1. The molecule has 1 aromatic heterocycles. The van der Waals surface area contributed by atoms with Crippen molar-refractivity contribution in [3.8, 4) is 0 Å². The van der Waals surface area contributed by atoms with Crippen LogP contribution in [-0.4, -0.2) is 57.9 Å². The molecule has 1 aliphatic heterocycles. The first-order valence-electron chi connectivity index (χ1n) is 12.3. The van der Waals surface area contributed by atoms with Gasteiger partial charge in [-0.1, -0.05) is 42.5 Å². The maximum Gasteiger partial charge on any atom is 0.264 e. The highest BCUT2D eigenvalue weighted by Crippen LogP contribution is 2.33. The SMILES string of the molecule is CCc1ccc2nc(N(CCN(C)C)C(=O)c3ccc(S(=O)(=O)N4CCc5ccccc54)cc3)sc2c1.Cl. The van der Waals surface area contributed by atoms with Crippen molar-refractivity contribution >= 4 is 60.7 Å². The molecule has 0 spiro atoms. The number of halogens is 1. The molecule has 4 aromatic rings. The van der Waals surface area contributed by atoms with Gasteiger partial charge in [0.05, 0.1) is 20.8 Å². The second kappa shape index (κ2) is 11.4. The van der Waals surface area contributed by atoms with Gasteiger partial charge >= 0.3 is 0 Å². The molecule has 0 saturated carbocycles. The Balaban J connectivity index is 0.00000336. The number of hydrogen-bond acceptors (Lipinski definition) is 6. The summed E-state index contributed by atoms with van der Waals surface area (Å²) < 4.78 is 29.3. The number of aromatic nitrogens is 1. The summed E-state index contributed by atoms with van der Waals surface area (Å²) in [5.41, 5.74) is 4.27. The van der Waals surface area contributed by atoms with Crippen LogP contribution in [0, 0.1) is 0 Å². The predicted molar refractivity (Wildman–Crippen MR) is 158 cm³/mol. The maximum absolute atomic E-state index is 13.7. The molecule has 7 nitrogen and oxygen atoms in total. The van der Waals surface area contributed by atoms with E-state index in [1.807, 2.05) is 49.3 Å². The molecule has 1 aliphatic rings. The topological polar surface area (TPSA) is 73.8 Å². The van der Waals surface area contributed by atoms with Crippen LogP contribution >= 0.6 is 23.7 Å². The number of sulfonamides is 1. The minimum Gasteiger partial charge on any atom is -0.308 e. The van der Waals surface area contributed by atoms with Crippen LogP contribution in [0.3, 0.4) is 0 Å². The molecule has 0 fully saturated rings. The Morgan fingerprint density at radius 1 is 1.03 bits per heavy atom. The first kappa shape index (κ1) is 28.0. The minimum absolute atomic E-state index is 0. The molecule has 0 atom stereocenters. The third-order valence-corrected chi connectivity index (χ3v) is 9.50. The Labute approximate surface area is 234 Å². The monoisotopic (exact) mass is 570 g/mol. The van der Waals surface area contributed by atoms with Crippen LogP contribution in [0.25, 0.3) is 10.2 Å². The van der Waals surface area contributed by atoms with Crippen molar-refractivity contribution in [2.75, 3.05) is 42.9 Å². The zero-order valence-electron chi connectivity index (χ0n) is 21.6. The number of nitrogens with zero attached hydrogens (tertiary/aromatic N) is 4. The molecule has 0 bridgehead atoms. The van der Waals surface area contributed by atoms with Gasteiger partial charge in [0.2, 0.25) is 0 Å². The standard InChI is InChI=1S/C28H30N4O3S2.ClH/c1-4-20-9-14-24-26(19-20)36-28(29-24)31(18-17-30(2)3)27(33)22-10-12-23(13-11-22)37(34,35)32-16-15-21-7-5-6-8-25(21)32;/h5-14,19H,4,15-18H2,1-3H3;1H. The fourth-order valence-electron chi connectivity index (χ4n) is 4.49. The van der Waals surface area contributed by atoms with E-state index in [4.69, 9.17) is 4.98 Å². The van der Waals surface area contributed by atoms with Gasteiger partial charge in [0.25, 0.3) is 15.9 Å². The third kappa shape index (κ3) is 5.42. The lowest BCUT2D eigenvalue weighted by Gasteiger charge is -2.22. The lowest BCUT2D eigenvalue weighted by atomic mass is 10.2. The molecule has 200 valence electrons. The van der Waals surface area contributed by atoms with Gasteiger partial charge in [-0.3, -0.25) is 14.0 Å². The van der Waals surface area contributed by atoms with Gasteiger partial charge in [0.1, 0.15) is 0 Å². The van der Waals surface area contributed by atoms with Gasteiger partial charge in [0.15, 0.2) is 5.13 Å². The van der Waals surface area contributed by atoms with Gasteiger partial charge in [-0.25, -0.2) is 13.4 Å². The number of likely N-dealkylation sites (N-methyl/N-ethyl adjacent to an activating group) is 1. The van der Waals surface area contributed by atoms with Gasteiger partial charge < -0.3 is 4.90 Å². The van der Waals surface area contributed by atoms with Gasteiger partial charge in [-0.05, 0) is 80.5 Å². The largest absolute Gasteiger partial charge is 0.308 e. The maximum atomic E-state index is 13.7. The molecule has 0 N–H and O–H groups in total. The zero-order chi connectivity index (χ0) is 26.2. The smallest absolute Gasteiger partial charge is 0.264 e. The Hall–Kier alpha value is -2.98. The highest BCUT2D eigenvalue weighted by Gasteiger charge is 2.31. The highest BCUT2D eigenvalue weighted by atomic mass is 35.5. The number of amides is 1. The quantitative estimate of drug-likeness (QED) is 0.290. The number of hydrogen-bond donors (Lipinski definition) is 0. The number of fused-ring (bicyclic) bond motifs is 2. The van der Waals surface area contributed by atoms with Crippen LogP contribution in [0.2, 0.25) is 0 Å². The van der Waals surface area contributed by atoms with Crippen LogP contribution < -0.4 is 9.21 Å². The molecule has 2 heterocycles. The van der Waals surface area contributed by atoms with E-state index in [2.05, 4.69) is 19.1 Å². The summed E-state index contributed by atoms with van der Waals surface area (Å²) in [5, 5.41) is 0.639. The summed E-state index contributed by atoms with van der Waals surface area (Å²) in [5.74, 6) is -0.202. The molecule has 10 heteroatoms. The van der Waals surface area contributed by atoms with Crippen molar-refractivity contribution in [1.82, 2.24) is 9.88 Å². The van der Waals surface area contributed by atoms with Gasteiger partial charge in [-0.2, -0.15) is 0 Å². The first-order valence-corrected chi connectivity index (χ1v) is 14.6. The lowest BCUT2D eigenvalue weighted by Crippen LogP contribution is -2.36. The number of para-hydroxylation sites is 1. The van der Waals surface area contributed by atoms with Crippen molar-refractivity contribution in [2.24, 2.45) is 0 Å². The van der Waals surface area contributed by atoms with Crippen LogP contribution in [0.5, 0.6) is 0 Å². The van der Waals surface area contributed by atoms with Crippen molar-refractivity contribution in [1.29, 1.82) is 0 Å². The number of aryl methyl sites for hydroxylation is 1. The van der Waals surface area contributed by atoms with Crippen LogP contribution in [-0.2, 0) is 22.9 Å². The molecule has 38 heavy (non-hydrogen) atoms. The summed E-state index contributed by atoms with van der Waals surface area (Å²) in [4.78, 5) is 22.3. The highest BCUT2D eigenvalue weighted by molar-refractivity contribution is 7.92. The summed E-state index contributed by atoms with van der Waals surface area (Å²) >= 11 is 1.50. The second-order valence-corrected chi connectivity index (χ2v) is 12.3. The van der Waals surface area contributed by atoms with E-state index in [9.17, 15) is 13.2 Å². The van der Waals surface area contributed by atoms with Crippen LogP contribution in [0.1, 0.15) is 28.4 Å². The zero-order valence-corrected chi connectivity index (χ0v) is 24.1. The molecular formula is C28H31ClN4O3S2. The summed E-state index contributed by atoms with van der Waals surface area (Å²) in [6, 6.07) is 20.0. The molecule has 0 saturated heterocycles. The van der Waals surface area contributed by atoms with E-state index in [1.165, 1.54) is 33.3 Å². The Morgan fingerprint density at radius 3 is 2.47 bits per heavy atom. The fraction of sp³-hybridized carbons (Fsp3) is 0.286. The second-order valence-electron chi connectivity index (χ2n) is 9.39. The predicted octanol–water partition coefficient (Wildman–Crippen LogP) is 5.24. The molecule has 5 rings (SSSR count). The number of thiazole rings is 1. The Bertz CT molecular complexity index is 1550. The van der Waals surface area contributed by atoms with Crippen molar-refractivity contribution in [3.63, 3.8) is 0 Å². The number of benzene rings is 3. The Kier molecular flexibility index (Phi) is 8.42. The fourth-order valence-corrected chi connectivity index (χ4v) is 7.04. The molecule has 0 aliphatic carbocycles. The Morgan fingerprint density at radius 2 is 1.76 bits per heavy atom. The summed E-state index contributed by atoms with van der Waals surface area (Å²) in [7, 11) is 0.205. The normalized spacial score (nSPS) is 13.0. The van der Waals surface area contributed by atoms with E-state index in [1.54, 1.807) is 17.0 Å². The van der Waals surface area contributed by atoms with E-state index in [0.29, 0.717) is 36.8 Å². The summed E-state index contributed by atoms with van der Waals surface area (Å²) in [6.07, 6.45) is 1.62. The molecule has 1 amide bonds. The van der Waals surface area contributed by atoms with E-state index in [-0.39, 0.29) is 23.2 Å². The molecule has 3 aromatic carbocycles. The minimum atomic E-state index is -3.72. The molecule has 0 radical (unpaired) electrons. The number of anilines is 2. The van der Waals surface area contributed by atoms with Crippen molar-refractivity contribution in [3.05, 3.63) is 83.4 Å². The molecule has 0 unspecified atom stereocenters. The third-order valence-electron chi connectivity index (χ3n) is 6.63. The number of rotatable bonds is 8. The van der Waals surface area contributed by atoms with Crippen LogP contribution in [0.15, 0.2) is 71.6 Å². The lowest BCUT2D eigenvalue weighted by molar-refractivity contribution is 0.0985. The van der Waals surface area contributed by atoms with E-state index >= 15 is 0 Å². The number of carbonyl (C=O) groups excluding carboxylic acids is 1. The van der Waals surface area contributed by atoms with Gasteiger partial charge in [0, 0.05) is 25.2 Å². The first-order chi connectivity index (χ1) is 17.8. The average Bonchev–Trinajstić information content (AvgIpc) is 3.53. The van der Waals surface area contributed by atoms with E-state index in [0.717, 1.165) is 27.9 Å².